The van der Waals surface area contributed by atoms with Crippen LogP contribution in [0.3, 0.4) is 0 Å². The number of ether oxygens (including phenoxy) is 1. The molecule has 0 atom stereocenters. The number of nitrogens with zero attached hydrogens (tertiary/aromatic N) is 2. The number of halogens is 1. The molecular weight excluding hydrogens is 370 g/mol. The van der Waals surface area contributed by atoms with Gasteiger partial charge in [0.1, 0.15) is 4.60 Å². The lowest BCUT2D eigenvalue weighted by molar-refractivity contribution is 0.134. The van der Waals surface area contributed by atoms with Crippen LogP contribution in [0.2, 0.25) is 0 Å². The summed E-state index contributed by atoms with van der Waals surface area (Å²) >= 11 is 3.36. The van der Waals surface area contributed by atoms with E-state index in [1.807, 2.05) is 26.0 Å². The number of pyridine rings is 1. The normalized spacial score (nSPS) is 10.8. The highest BCUT2D eigenvalue weighted by molar-refractivity contribution is 9.10. The molecule has 124 valence electrons. The summed E-state index contributed by atoms with van der Waals surface area (Å²) in [6, 6.07) is 10.4. The van der Waals surface area contributed by atoms with Gasteiger partial charge in [-0.05, 0) is 59.1 Å². The molecule has 0 unspecified atom stereocenters. The molecule has 3 rings (SSSR count). The number of rotatable bonds is 6. The molecule has 0 fully saturated rings. The maximum absolute atomic E-state index is 5.80. The zero-order valence-electron chi connectivity index (χ0n) is 13.5. The van der Waals surface area contributed by atoms with Crippen LogP contribution < -0.4 is 5.32 Å². The summed E-state index contributed by atoms with van der Waals surface area (Å²) in [5, 5.41) is 3.23. The molecule has 2 aromatic heterocycles. The van der Waals surface area contributed by atoms with Crippen LogP contribution in [0.25, 0.3) is 11.3 Å². The Morgan fingerprint density at radius 1 is 1.21 bits per heavy atom. The molecule has 6 heteroatoms. The highest BCUT2D eigenvalue weighted by atomic mass is 79.9. The summed E-state index contributed by atoms with van der Waals surface area (Å²) in [5.41, 5.74) is 4.09. The van der Waals surface area contributed by atoms with Crippen LogP contribution in [0.5, 0.6) is 0 Å². The van der Waals surface area contributed by atoms with Gasteiger partial charge in [-0.1, -0.05) is 12.1 Å². The van der Waals surface area contributed by atoms with Gasteiger partial charge < -0.3 is 14.5 Å². The van der Waals surface area contributed by atoms with E-state index in [0.717, 1.165) is 27.0 Å². The molecule has 5 nitrogen and oxygen atoms in total. The van der Waals surface area contributed by atoms with E-state index in [1.165, 1.54) is 0 Å². The van der Waals surface area contributed by atoms with Crippen molar-refractivity contribution in [3.05, 3.63) is 58.5 Å². The maximum atomic E-state index is 5.80. The van der Waals surface area contributed by atoms with Crippen LogP contribution in [0.15, 0.2) is 51.7 Å². The van der Waals surface area contributed by atoms with Gasteiger partial charge in [0, 0.05) is 24.1 Å². The van der Waals surface area contributed by atoms with Gasteiger partial charge in [-0.25, -0.2) is 9.97 Å². The minimum absolute atomic E-state index is 0.453. The van der Waals surface area contributed by atoms with Gasteiger partial charge in [0.05, 0.1) is 12.8 Å². The third-order valence-electron chi connectivity index (χ3n) is 3.53. The number of hydrogen-bond donors (Lipinski definition) is 1. The molecule has 0 aliphatic rings. The predicted molar refractivity (Wildman–Crippen MR) is 97.2 cm³/mol. The Morgan fingerprint density at radius 3 is 2.88 bits per heavy atom. The number of benzene rings is 1. The smallest absolute Gasteiger partial charge is 0.299 e. The minimum atomic E-state index is 0.453. The second-order valence-corrected chi connectivity index (χ2v) is 6.12. The van der Waals surface area contributed by atoms with Gasteiger partial charge in [0.25, 0.3) is 6.01 Å². The Bertz CT molecular complexity index is 833. The highest BCUT2D eigenvalue weighted by Crippen LogP contribution is 2.27. The van der Waals surface area contributed by atoms with E-state index >= 15 is 0 Å². The Morgan fingerprint density at radius 2 is 2.08 bits per heavy atom. The van der Waals surface area contributed by atoms with E-state index in [-0.39, 0.29) is 0 Å². The lowest BCUT2D eigenvalue weighted by atomic mass is 10.1. The lowest BCUT2D eigenvalue weighted by Gasteiger charge is -2.09. The molecule has 0 bridgehead atoms. The van der Waals surface area contributed by atoms with E-state index in [0.29, 0.717) is 25.0 Å². The summed E-state index contributed by atoms with van der Waals surface area (Å²) in [6.45, 7) is 5.31. The van der Waals surface area contributed by atoms with Gasteiger partial charge in [-0.15, -0.1) is 0 Å². The third-order valence-corrected chi connectivity index (χ3v) is 3.97. The summed E-state index contributed by atoms with van der Waals surface area (Å²) in [4.78, 5) is 8.42. The number of nitrogens with one attached hydrogen (secondary N) is 1. The van der Waals surface area contributed by atoms with Gasteiger partial charge >= 0.3 is 0 Å². The molecule has 1 aromatic carbocycles. The second kappa shape index (κ2) is 7.59. The van der Waals surface area contributed by atoms with Crippen molar-refractivity contribution in [3.63, 3.8) is 0 Å². The fourth-order valence-electron chi connectivity index (χ4n) is 2.25. The first kappa shape index (κ1) is 16.7. The van der Waals surface area contributed by atoms with Gasteiger partial charge in [0.2, 0.25) is 0 Å². The molecule has 0 saturated heterocycles. The minimum Gasteiger partial charge on any atom is -0.423 e. The Balaban J connectivity index is 1.79. The molecule has 1 N–H and O–H groups in total. The Hall–Kier alpha value is -2.18. The standard InChI is InChI=1S/C18H18BrN3O2/c1-3-23-11-13-5-4-12(2)15(8-13)22-18-21-10-16(24-18)14-6-7-20-17(19)9-14/h4-10H,3,11H2,1-2H3,(H,21,22). The summed E-state index contributed by atoms with van der Waals surface area (Å²) in [6.07, 6.45) is 3.42. The SMILES string of the molecule is CCOCc1ccc(C)c(Nc2ncc(-c3ccnc(Br)c3)o2)c1. The largest absolute Gasteiger partial charge is 0.423 e. The zero-order valence-corrected chi connectivity index (χ0v) is 15.1. The Kier molecular flexibility index (Phi) is 5.27. The highest BCUT2D eigenvalue weighted by Gasteiger charge is 2.09. The third kappa shape index (κ3) is 4.01. The first-order chi connectivity index (χ1) is 11.7. The van der Waals surface area contributed by atoms with E-state index in [2.05, 4.69) is 49.4 Å². The summed E-state index contributed by atoms with van der Waals surface area (Å²) < 4.78 is 12.0. The van der Waals surface area contributed by atoms with Crippen LogP contribution in [0, 0.1) is 6.92 Å². The van der Waals surface area contributed by atoms with Gasteiger partial charge in [-0.2, -0.15) is 0 Å². The molecule has 0 saturated carbocycles. The summed E-state index contributed by atoms with van der Waals surface area (Å²) in [5.74, 6) is 0.684. The molecule has 3 aromatic rings. The van der Waals surface area contributed by atoms with Crippen molar-refractivity contribution in [3.8, 4) is 11.3 Å². The van der Waals surface area contributed by atoms with Crippen molar-refractivity contribution in [2.24, 2.45) is 0 Å². The van der Waals surface area contributed by atoms with E-state index in [1.54, 1.807) is 12.4 Å². The zero-order chi connectivity index (χ0) is 16.9. The number of hydrogen-bond acceptors (Lipinski definition) is 5. The first-order valence-corrected chi connectivity index (χ1v) is 8.47. The van der Waals surface area contributed by atoms with Crippen molar-refractivity contribution in [2.75, 3.05) is 11.9 Å². The molecule has 2 heterocycles. The van der Waals surface area contributed by atoms with Crippen LogP contribution in [0.1, 0.15) is 18.1 Å². The molecule has 0 spiro atoms. The monoisotopic (exact) mass is 387 g/mol. The molecular formula is C18H18BrN3O2. The quantitative estimate of drug-likeness (QED) is 0.597. The molecule has 0 amide bonds. The molecule has 0 aliphatic heterocycles. The average molecular weight is 388 g/mol. The lowest BCUT2D eigenvalue weighted by Crippen LogP contribution is -1.97. The van der Waals surface area contributed by atoms with Crippen molar-refractivity contribution in [2.45, 2.75) is 20.5 Å². The van der Waals surface area contributed by atoms with Crippen LogP contribution in [0.4, 0.5) is 11.7 Å². The number of anilines is 2. The Labute approximate surface area is 149 Å². The van der Waals surface area contributed by atoms with E-state index in [9.17, 15) is 0 Å². The molecule has 24 heavy (non-hydrogen) atoms. The van der Waals surface area contributed by atoms with Gasteiger partial charge in [-0.3, -0.25) is 0 Å². The predicted octanol–water partition coefficient (Wildman–Crippen LogP) is 5.09. The van der Waals surface area contributed by atoms with Crippen molar-refractivity contribution < 1.29 is 9.15 Å². The number of aryl methyl sites for hydroxylation is 1. The van der Waals surface area contributed by atoms with E-state index in [4.69, 9.17) is 9.15 Å². The van der Waals surface area contributed by atoms with E-state index < -0.39 is 0 Å². The number of oxazole rings is 1. The topological polar surface area (TPSA) is 60.2 Å². The van der Waals surface area contributed by atoms with Crippen LogP contribution in [-0.2, 0) is 11.3 Å². The molecule has 0 aliphatic carbocycles. The van der Waals surface area contributed by atoms with Crippen molar-refractivity contribution >= 4 is 27.6 Å². The number of aromatic nitrogens is 2. The molecule has 0 radical (unpaired) electrons. The van der Waals surface area contributed by atoms with Crippen LogP contribution in [-0.4, -0.2) is 16.6 Å². The maximum Gasteiger partial charge on any atom is 0.299 e. The van der Waals surface area contributed by atoms with Gasteiger partial charge in [0.15, 0.2) is 5.76 Å². The fourth-order valence-corrected chi connectivity index (χ4v) is 2.61. The van der Waals surface area contributed by atoms with Crippen LogP contribution >= 0.6 is 15.9 Å². The van der Waals surface area contributed by atoms with Crippen molar-refractivity contribution in [1.82, 2.24) is 9.97 Å². The first-order valence-electron chi connectivity index (χ1n) is 7.67. The van der Waals surface area contributed by atoms with Crippen molar-refractivity contribution in [1.29, 1.82) is 0 Å². The average Bonchev–Trinajstić information content (AvgIpc) is 3.04. The summed E-state index contributed by atoms with van der Waals surface area (Å²) in [7, 11) is 0. The second-order valence-electron chi connectivity index (χ2n) is 5.31. The fraction of sp³-hybridized carbons (Fsp3) is 0.222.